The first-order valence-electron chi connectivity index (χ1n) is 6.46. The van der Waals surface area contributed by atoms with Crippen molar-refractivity contribution in [2.24, 2.45) is 0 Å². The lowest BCUT2D eigenvalue weighted by atomic mass is 10.3. The molecule has 3 heterocycles. The van der Waals surface area contributed by atoms with Gasteiger partial charge < -0.3 is 14.4 Å². The van der Waals surface area contributed by atoms with E-state index in [9.17, 15) is 0 Å². The summed E-state index contributed by atoms with van der Waals surface area (Å²) in [6, 6.07) is 0. The molecule has 19 heavy (non-hydrogen) atoms. The molecule has 2 aromatic heterocycles. The molecule has 0 unspecified atom stereocenters. The van der Waals surface area contributed by atoms with E-state index < -0.39 is 0 Å². The number of aromatic amines is 2. The Labute approximate surface area is 111 Å². The number of fused-ring (bicyclic) bond motifs is 1. The molecule has 0 spiro atoms. The van der Waals surface area contributed by atoms with Gasteiger partial charge in [-0.05, 0) is 0 Å². The van der Waals surface area contributed by atoms with Gasteiger partial charge in [-0.15, -0.1) is 0 Å². The Morgan fingerprint density at radius 1 is 1.42 bits per heavy atom. The van der Waals surface area contributed by atoms with E-state index in [0.29, 0.717) is 13.0 Å². The molecule has 0 amide bonds. The second-order valence-corrected chi connectivity index (χ2v) is 4.46. The van der Waals surface area contributed by atoms with Crippen LogP contribution in [0.2, 0.25) is 0 Å². The molecule has 1 fully saturated rings. The molecule has 0 aliphatic carbocycles. The van der Waals surface area contributed by atoms with Crippen molar-refractivity contribution in [3.8, 4) is 0 Å². The van der Waals surface area contributed by atoms with Crippen LogP contribution in [0.3, 0.4) is 0 Å². The van der Waals surface area contributed by atoms with E-state index in [1.165, 1.54) is 0 Å². The summed E-state index contributed by atoms with van der Waals surface area (Å²) in [6.45, 7) is 3.81. The number of methoxy groups -OCH3 is 1. The van der Waals surface area contributed by atoms with Crippen LogP contribution >= 0.6 is 0 Å². The number of hydrogen-bond acceptors (Lipinski definition) is 5. The van der Waals surface area contributed by atoms with Crippen LogP contribution in [0.25, 0.3) is 11.2 Å². The summed E-state index contributed by atoms with van der Waals surface area (Å²) in [6.07, 6.45) is 2.49. The van der Waals surface area contributed by atoms with Gasteiger partial charge in [0.05, 0.1) is 19.8 Å². The van der Waals surface area contributed by atoms with Gasteiger partial charge in [0.25, 0.3) is 0 Å². The number of imidazole rings is 1. The van der Waals surface area contributed by atoms with E-state index in [-0.39, 0.29) is 0 Å². The highest BCUT2D eigenvalue weighted by Crippen LogP contribution is 2.20. The van der Waals surface area contributed by atoms with E-state index in [2.05, 4.69) is 24.8 Å². The van der Waals surface area contributed by atoms with Crippen LogP contribution < -0.4 is 9.88 Å². The highest BCUT2D eigenvalue weighted by atomic mass is 16.5. The molecule has 0 saturated carbocycles. The highest BCUT2D eigenvalue weighted by molar-refractivity contribution is 5.80. The second kappa shape index (κ2) is 5.50. The number of nitrogens with zero attached hydrogens (tertiary/aromatic N) is 3. The Morgan fingerprint density at radius 3 is 3.05 bits per heavy atom. The minimum atomic E-state index is 0.623. The zero-order valence-electron chi connectivity index (χ0n) is 11.0. The molecular weight excluding hydrogens is 246 g/mol. The molecule has 7 nitrogen and oxygen atoms in total. The lowest BCUT2D eigenvalue weighted by molar-refractivity contribution is -0.347. The quantitative estimate of drug-likeness (QED) is 0.827. The van der Waals surface area contributed by atoms with Gasteiger partial charge in [-0.25, -0.2) is 4.98 Å². The average Bonchev–Trinajstić information content (AvgIpc) is 2.93. The van der Waals surface area contributed by atoms with Crippen LogP contribution in [0.4, 0.5) is 5.82 Å². The SMILES string of the molecule is COCCc1nc(N2CCOCC2)c2[nH]c[nH+]c2n1. The summed E-state index contributed by atoms with van der Waals surface area (Å²) in [5.41, 5.74) is 1.78. The van der Waals surface area contributed by atoms with Crippen molar-refractivity contribution in [2.75, 3.05) is 44.9 Å². The Balaban J connectivity index is 1.97. The van der Waals surface area contributed by atoms with Crippen molar-refractivity contribution in [1.82, 2.24) is 15.0 Å². The van der Waals surface area contributed by atoms with Gasteiger partial charge in [0.1, 0.15) is 0 Å². The second-order valence-electron chi connectivity index (χ2n) is 4.46. The van der Waals surface area contributed by atoms with Gasteiger partial charge in [-0.1, -0.05) is 4.98 Å². The standard InChI is InChI=1S/C12H17N5O2/c1-18-5-2-9-15-11-10(13-8-14-11)12(16-9)17-3-6-19-7-4-17/h8H,2-7H2,1H3,(H,13,14,15,16)/p+1. The summed E-state index contributed by atoms with van der Waals surface area (Å²) in [7, 11) is 1.68. The Bertz CT molecular complexity index is 550. The number of H-pyrrole nitrogens is 2. The maximum atomic E-state index is 5.39. The lowest BCUT2D eigenvalue weighted by Gasteiger charge is -2.27. The van der Waals surface area contributed by atoms with E-state index in [0.717, 1.165) is 49.1 Å². The topological polar surface area (TPSA) is 77.4 Å². The van der Waals surface area contributed by atoms with Crippen molar-refractivity contribution in [3.05, 3.63) is 12.2 Å². The van der Waals surface area contributed by atoms with E-state index in [1.807, 2.05) is 0 Å². The molecule has 1 aliphatic heterocycles. The van der Waals surface area contributed by atoms with Gasteiger partial charge in [0.15, 0.2) is 12.1 Å². The predicted octanol–water partition coefficient (Wildman–Crippen LogP) is -0.202. The van der Waals surface area contributed by atoms with Crippen LogP contribution in [-0.4, -0.2) is 55.0 Å². The summed E-state index contributed by atoms with van der Waals surface area (Å²) < 4.78 is 10.5. The van der Waals surface area contributed by atoms with Crippen molar-refractivity contribution >= 4 is 17.0 Å². The third-order valence-electron chi connectivity index (χ3n) is 3.20. The summed E-state index contributed by atoms with van der Waals surface area (Å²) >= 11 is 0. The van der Waals surface area contributed by atoms with Crippen LogP contribution in [0.5, 0.6) is 0 Å². The van der Waals surface area contributed by atoms with Gasteiger partial charge in [0.2, 0.25) is 11.3 Å². The van der Waals surface area contributed by atoms with Gasteiger partial charge >= 0.3 is 5.65 Å². The molecule has 0 atom stereocenters. The maximum absolute atomic E-state index is 5.39. The molecule has 102 valence electrons. The normalized spacial score (nSPS) is 16.2. The molecule has 1 aliphatic rings. The van der Waals surface area contributed by atoms with Crippen molar-refractivity contribution in [2.45, 2.75) is 6.42 Å². The number of rotatable bonds is 4. The first-order valence-corrected chi connectivity index (χ1v) is 6.46. The van der Waals surface area contributed by atoms with E-state index in [1.54, 1.807) is 13.4 Å². The predicted molar refractivity (Wildman–Crippen MR) is 69.1 cm³/mol. The summed E-state index contributed by atoms with van der Waals surface area (Å²) in [5, 5.41) is 0. The molecule has 7 heteroatoms. The maximum Gasteiger partial charge on any atom is 0.305 e. The number of ether oxygens (including phenoxy) is 2. The van der Waals surface area contributed by atoms with Crippen LogP contribution in [0, 0.1) is 0 Å². The molecule has 0 radical (unpaired) electrons. The van der Waals surface area contributed by atoms with Gasteiger partial charge in [0, 0.05) is 26.6 Å². The van der Waals surface area contributed by atoms with E-state index >= 15 is 0 Å². The Kier molecular flexibility index (Phi) is 3.56. The zero-order chi connectivity index (χ0) is 13.1. The number of hydrogen-bond donors (Lipinski definition) is 1. The molecule has 1 saturated heterocycles. The molecular formula is C12H18N5O2+. The summed E-state index contributed by atoms with van der Waals surface area (Å²) in [4.78, 5) is 17.7. The highest BCUT2D eigenvalue weighted by Gasteiger charge is 2.22. The van der Waals surface area contributed by atoms with Crippen LogP contribution in [0.1, 0.15) is 5.82 Å². The van der Waals surface area contributed by atoms with E-state index in [4.69, 9.17) is 9.47 Å². The van der Waals surface area contributed by atoms with Crippen molar-refractivity contribution in [3.63, 3.8) is 0 Å². The third kappa shape index (κ3) is 2.52. The fourth-order valence-electron chi connectivity index (χ4n) is 2.22. The number of nitrogens with one attached hydrogen (secondary N) is 2. The Hall–Kier alpha value is -1.73. The molecule has 0 aromatic carbocycles. The summed E-state index contributed by atoms with van der Waals surface area (Å²) in [5.74, 6) is 1.74. The van der Waals surface area contributed by atoms with Gasteiger partial charge in [-0.2, -0.15) is 4.98 Å². The van der Waals surface area contributed by atoms with Crippen LogP contribution in [-0.2, 0) is 15.9 Å². The first-order chi connectivity index (χ1) is 9.38. The van der Waals surface area contributed by atoms with Crippen LogP contribution in [0.15, 0.2) is 6.33 Å². The fraction of sp³-hybridized carbons (Fsp3) is 0.583. The largest absolute Gasteiger partial charge is 0.384 e. The number of anilines is 1. The molecule has 3 rings (SSSR count). The average molecular weight is 264 g/mol. The van der Waals surface area contributed by atoms with Crippen molar-refractivity contribution in [1.29, 1.82) is 0 Å². The third-order valence-corrected chi connectivity index (χ3v) is 3.20. The Morgan fingerprint density at radius 2 is 2.26 bits per heavy atom. The number of aromatic nitrogens is 4. The lowest BCUT2D eigenvalue weighted by Crippen LogP contribution is -2.37. The zero-order valence-corrected chi connectivity index (χ0v) is 11.0. The van der Waals surface area contributed by atoms with Gasteiger partial charge in [-0.3, -0.25) is 4.98 Å². The molecule has 2 N–H and O–H groups in total. The fourth-order valence-corrected chi connectivity index (χ4v) is 2.22. The minimum absolute atomic E-state index is 0.623. The molecule has 0 bridgehead atoms. The smallest absolute Gasteiger partial charge is 0.305 e. The minimum Gasteiger partial charge on any atom is -0.384 e. The first kappa shape index (κ1) is 12.3. The molecule has 2 aromatic rings. The number of morpholine rings is 1. The van der Waals surface area contributed by atoms with Crippen molar-refractivity contribution < 1.29 is 14.5 Å². The monoisotopic (exact) mass is 264 g/mol.